The average Bonchev–Trinajstić information content (AvgIpc) is 2.69. The van der Waals surface area contributed by atoms with Crippen molar-refractivity contribution in [3.8, 4) is 0 Å². The molecule has 0 aromatic heterocycles. The maximum atomic E-state index is 12.9. The van der Waals surface area contributed by atoms with Gasteiger partial charge in [-0.25, -0.2) is 0 Å². The molecule has 0 saturated heterocycles. The molecular formula is C19H31BN6O5. The first-order chi connectivity index (χ1) is 14.6. The molecule has 31 heavy (non-hydrogen) atoms. The monoisotopic (exact) mass is 434 g/mol. The van der Waals surface area contributed by atoms with Crippen molar-refractivity contribution in [2.75, 3.05) is 6.54 Å². The smallest absolute Gasteiger partial charge is 0.426 e. The molecule has 0 spiro atoms. The van der Waals surface area contributed by atoms with E-state index in [4.69, 9.17) is 11.5 Å². The topological polar surface area (TPSA) is 192 Å². The predicted octanol–water partition coefficient (Wildman–Crippen LogP) is -2.21. The molecule has 0 saturated carbocycles. The molecule has 0 unspecified atom stereocenters. The lowest BCUT2D eigenvalue weighted by atomic mass is 9.76. The number of hydrogen-bond acceptors (Lipinski definition) is 6. The van der Waals surface area contributed by atoms with Crippen LogP contribution in [0.5, 0.6) is 0 Å². The van der Waals surface area contributed by atoms with Gasteiger partial charge in [0.05, 0.1) is 5.94 Å². The molecule has 0 heterocycles. The fourth-order valence-electron chi connectivity index (χ4n) is 2.82. The minimum atomic E-state index is -1.81. The third kappa shape index (κ3) is 10.5. The quantitative estimate of drug-likeness (QED) is 0.0839. The lowest BCUT2D eigenvalue weighted by Crippen LogP contribution is -2.57. The van der Waals surface area contributed by atoms with E-state index in [1.165, 1.54) is 13.8 Å². The maximum Gasteiger partial charge on any atom is 0.475 e. The zero-order valence-electron chi connectivity index (χ0n) is 17.7. The van der Waals surface area contributed by atoms with Crippen LogP contribution in [0.2, 0.25) is 0 Å². The van der Waals surface area contributed by atoms with Gasteiger partial charge in [0.1, 0.15) is 12.1 Å². The standard InChI is InChI=1S/C19H31BN6O5/c1-12(24-13(2)27)17(28)25-15(11-14-7-4-3-5-8-14)18(29)26-16(20(30)31)9-6-10-23-19(21)22/h3-5,7-8,12,15-16,30-31H,6,9-11H2,1-2H3,(H,24,27)(H,25,28)(H,26,29)(H4,21,22,23)/t12-,15-,16-/m0/s1. The van der Waals surface area contributed by atoms with Gasteiger partial charge in [0, 0.05) is 19.9 Å². The molecule has 1 aromatic rings. The van der Waals surface area contributed by atoms with E-state index in [1.54, 1.807) is 24.3 Å². The highest BCUT2D eigenvalue weighted by molar-refractivity contribution is 6.43. The minimum Gasteiger partial charge on any atom is -0.426 e. The van der Waals surface area contributed by atoms with Gasteiger partial charge in [-0.2, -0.15) is 0 Å². The molecule has 3 atom stereocenters. The zero-order valence-corrected chi connectivity index (χ0v) is 17.7. The van der Waals surface area contributed by atoms with E-state index in [9.17, 15) is 24.4 Å². The number of guanidine groups is 1. The van der Waals surface area contributed by atoms with Crippen LogP contribution >= 0.6 is 0 Å². The number of nitrogens with two attached hydrogens (primary N) is 2. The van der Waals surface area contributed by atoms with Gasteiger partial charge in [-0.15, -0.1) is 0 Å². The summed E-state index contributed by atoms with van der Waals surface area (Å²) in [7, 11) is -1.81. The van der Waals surface area contributed by atoms with E-state index in [0.29, 0.717) is 6.42 Å². The largest absolute Gasteiger partial charge is 0.475 e. The Bertz CT molecular complexity index is 757. The van der Waals surface area contributed by atoms with E-state index in [-0.39, 0.29) is 31.3 Å². The Hall–Kier alpha value is -3.12. The van der Waals surface area contributed by atoms with Crippen molar-refractivity contribution in [3.63, 3.8) is 0 Å². The molecule has 1 aromatic carbocycles. The molecule has 0 fully saturated rings. The molecule has 9 N–H and O–H groups in total. The van der Waals surface area contributed by atoms with Crippen LogP contribution in [0.15, 0.2) is 35.3 Å². The number of nitrogens with one attached hydrogen (secondary N) is 3. The van der Waals surface area contributed by atoms with Gasteiger partial charge in [0.2, 0.25) is 17.7 Å². The van der Waals surface area contributed by atoms with Crippen molar-refractivity contribution < 1.29 is 24.4 Å². The summed E-state index contributed by atoms with van der Waals surface area (Å²) in [5.41, 5.74) is 11.3. The van der Waals surface area contributed by atoms with Crippen LogP contribution in [0.3, 0.4) is 0 Å². The van der Waals surface area contributed by atoms with Crippen LogP contribution in [-0.4, -0.2) is 65.4 Å². The summed E-state index contributed by atoms with van der Waals surface area (Å²) in [6, 6.07) is 7.19. The van der Waals surface area contributed by atoms with Gasteiger partial charge in [-0.05, 0) is 25.3 Å². The Morgan fingerprint density at radius 2 is 1.71 bits per heavy atom. The summed E-state index contributed by atoms with van der Waals surface area (Å²) in [6.07, 6.45) is 0.775. The Balaban J connectivity index is 2.88. The van der Waals surface area contributed by atoms with Gasteiger partial charge in [-0.1, -0.05) is 30.3 Å². The van der Waals surface area contributed by atoms with Crippen molar-refractivity contribution in [1.29, 1.82) is 0 Å². The Morgan fingerprint density at radius 1 is 1.06 bits per heavy atom. The maximum absolute atomic E-state index is 12.9. The van der Waals surface area contributed by atoms with Gasteiger partial charge in [0.15, 0.2) is 5.96 Å². The van der Waals surface area contributed by atoms with Crippen molar-refractivity contribution >= 4 is 30.8 Å². The fraction of sp³-hybridized carbons (Fsp3) is 0.474. The van der Waals surface area contributed by atoms with Crippen molar-refractivity contribution in [1.82, 2.24) is 16.0 Å². The summed E-state index contributed by atoms with van der Waals surface area (Å²) in [5.74, 6) is -2.57. The third-order valence-electron chi connectivity index (χ3n) is 4.38. The number of amides is 3. The van der Waals surface area contributed by atoms with E-state index >= 15 is 0 Å². The van der Waals surface area contributed by atoms with Crippen LogP contribution < -0.4 is 27.4 Å². The molecule has 3 amide bonds. The second-order valence-corrected chi connectivity index (χ2v) is 7.15. The number of carbonyl (C=O) groups is 3. The Labute approximate surface area is 181 Å². The highest BCUT2D eigenvalue weighted by Crippen LogP contribution is 2.06. The van der Waals surface area contributed by atoms with E-state index < -0.39 is 37.0 Å². The summed E-state index contributed by atoms with van der Waals surface area (Å²) < 4.78 is 0. The minimum absolute atomic E-state index is 0.0796. The highest BCUT2D eigenvalue weighted by atomic mass is 16.4. The first-order valence-electron chi connectivity index (χ1n) is 9.93. The number of rotatable bonds is 12. The molecular weight excluding hydrogens is 403 g/mol. The SMILES string of the molecule is CC(=O)N[C@@H](C)C(=O)N[C@@H](Cc1ccccc1)C(=O)N[C@@H](CCCN=C(N)N)B(O)O. The first-order valence-corrected chi connectivity index (χ1v) is 9.93. The normalized spacial score (nSPS) is 13.3. The number of carbonyl (C=O) groups excluding carboxylic acids is 3. The van der Waals surface area contributed by atoms with Crippen LogP contribution in [0.1, 0.15) is 32.3 Å². The Kier molecular flexibility index (Phi) is 11.1. The molecule has 11 nitrogen and oxygen atoms in total. The second-order valence-electron chi connectivity index (χ2n) is 7.15. The fourth-order valence-corrected chi connectivity index (χ4v) is 2.82. The van der Waals surface area contributed by atoms with Crippen molar-refractivity contribution in [2.24, 2.45) is 16.5 Å². The van der Waals surface area contributed by atoms with Gasteiger partial charge in [-0.3, -0.25) is 19.4 Å². The molecule has 0 bridgehead atoms. The van der Waals surface area contributed by atoms with Crippen LogP contribution in [0, 0.1) is 0 Å². The molecule has 170 valence electrons. The van der Waals surface area contributed by atoms with E-state index in [2.05, 4.69) is 20.9 Å². The molecule has 0 aliphatic heterocycles. The molecule has 0 radical (unpaired) electrons. The van der Waals surface area contributed by atoms with Crippen LogP contribution in [0.4, 0.5) is 0 Å². The highest BCUT2D eigenvalue weighted by Gasteiger charge is 2.30. The van der Waals surface area contributed by atoms with Crippen LogP contribution in [0.25, 0.3) is 0 Å². The first kappa shape index (κ1) is 25.9. The molecule has 1 rings (SSSR count). The van der Waals surface area contributed by atoms with Gasteiger partial charge >= 0.3 is 7.12 Å². The lowest BCUT2D eigenvalue weighted by molar-refractivity contribution is -0.131. The summed E-state index contributed by atoms with van der Waals surface area (Å²) in [5, 5.41) is 26.9. The average molecular weight is 434 g/mol. The molecule has 0 aliphatic rings. The number of aliphatic imine (C=N–C) groups is 1. The molecule has 0 aliphatic carbocycles. The lowest BCUT2D eigenvalue weighted by Gasteiger charge is -2.24. The van der Waals surface area contributed by atoms with Crippen molar-refractivity contribution in [3.05, 3.63) is 35.9 Å². The van der Waals surface area contributed by atoms with E-state index in [1.807, 2.05) is 6.07 Å². The van der Waals surface area contributed by atoms with Crippen molar-refractivity contribution in [2.45, 2.75) is 51.1 Å². The van der Waals surface area contributed by atoms with Gasteiger partial charge in [0.25, 0.3) is 0 Å². The molecule has 12 heteroatoms. The third-order valence-corrected chi connectivity index (χ3v) is 4.38. The zero-order chi connectivity index (χ0) is 23.4. The predicted molar refractivity (Wildman–Crippen MR) is 117 cm³/mol. The van der Waals surface area contributed by atoms with Gasteiger partial charge < -0.3 is 37.5 Å². The number of nitrogens with zero attached hydrogens (tertiary/aromatic N) is 1. The number of hydrogen-bond donors (Lipinski definition) is 7. The Morgan fingerprint density at radius 3 is 2.26 bits per heavy atom. The summed E-state index contributed by atoms with van der Waals surface area (Å²) in [6.45, 7) is 3.05. The van der Waals surface area contributed by atoms with E-state index in [0.717, 1.165) is 5.56 Å². The summed E-state index contributed by atoms with van der Waals surface area (Å²) >= 11 is 0. The number of benzene rings is 1. The second kappa shape index (κ2) is 13.2. The summed E-state index contributed by atoms with van der Waals surface area (Å²) in [4.78, 5) is 40.3. The van der Waals surface area contributed by atoms with Crippen LogP contribution in [-0.2, 0) is 20.8 Å².